The van der Waals surface area contributed by atoms with Crippen molar-refractivity contribution in [3.63, 3.8) is 0 Å². The first-order valence-corrected chi connectivity index (χ1v) is 6.63. The lowest BCUT2D eigenvalue weighted by Gasteiger charge is -2.43. The number of carbonyl (C=O) groups is 2. The topological polar surface area (TPSA) is 124 Å². The van der Waals surface area contributed by atoms with Gasteiger partial charge < -0.3 is 34.5 Å². The van der Waals surface area contributed by atoms with Gasteiger partial charge in [0.1, 0.15) is 18.2 Å². The maximum absolute atomic E-state index is 11.3. The first kappa shape index (κ1) is 18.4. The number of hydrogen-bond acceptors (Lipinski definition) is 8. The first-order valence-electron chi connectivity index (χ1n) is 6.63. The van der Waals surface area contributed by atoms with Crippen LogP contribution in [0.25, 0.3) is 0 Å². The zero-order valence-electron chi connectivity index (χ0n) is 12.4. The molecule has 1 aliphatic heterocycles. The van der Waals surface area contributed by atoms with E-state index in [0.29, 0.717) is 0 Å². The zero-order valence-corrected chi connectivity index (χ0v) is 12.4. The van der Waals surface area contributed by atoms with E-state index in [-0.39, 0.29) is 6.61 Å². The van der Waals surface area contributed by atoms with Crippen molar-refractivity contribution in [1.29, 1.82) is 0 Å². The summed E-state index contributed by atoms with van der Waals surface area (Å²) >= 11 is 0. The summed E-state index contributed by atoms with van der Waals surface area (Å²) in [5, 5.41) is 21.9. The Balaban J connectivity index is 3.01. The minimum absolute atomic E-state index is 0.0972. The molecule has 0 aromatic carbocycles. The Kier molecular flexibility index (Phi) is 7.25. The maximum Gasteiger partial charge on any atom is 0.508 e. The molecule has 0 aromatic heterocycles. The van der Waals surface area contributed by atoms with Gasteiger partial charge in [-0.1, -0.05) is 6.08 Å². The molecule has 1 heterocycles. The van der Waals surface area contributed by atoms with Crippen molar-refractivity contribution >= 4 is 12.1 Å². The Bertz CT molecular complexity index is 402. The summed E-state index contributed by atoms with van der Waals surface area (Å²) in [5.41, 5.74) is 0. The summed E-state index contributed by atoms with van der Waals surface area (Å²) in [5.74, 6) is -0.436. The molecule has 0 aromatic rings. The van der Waals surface area contributed by atoms with Gasteiger partial charge in [0.15, 0.2) is 12.4 Å². The van der Waals surface area contributed by atoms with Gasteiger partial charge in [0.25, 0.3) is 0 Å². The van der Waals surface area contributed by atoms with E-state index >= 15 is 0 Å². The van der Waals surface area contributed by atoms with E-state index in [1.54, 1.807) is 0 Å². The molecule has 1 rings (SSSR count). The van der Waals surface area contributed by atoms with Crippen LogP contribution in [0.2, 0.25) is 0 Å². The fourth-order valence-electron chi connectivity index (χ4n) is 2.06. The normalized spacial score (nSPS) is 31.2. The number of aliphatic hydroxyl groups excluding tert-OH is 2. The van der Waals surface area contributed by atoms with Crippen molar-refractivity contribution in [3.05, 3.63) is 12.7 Å². The summed E-state index contributed by atoms with van der Waals surface area (Å²) in [6, 6.07) is -0.977. The standard InChI is InChI=1S/C13H21NO8/c1-4-5-20-12-9(14-7(2)16)11(22-13(18)19-3)10(17)8(6-15)21-12/h4,8-12,15,17H,1,5-6H2,2-3H3,(H,14,16)/t8-,9-,10-,11-,12-/m1/s1. The average molecular weight is 319 g/mol. The monoisotopic (exact) mass is 319 g/mol. The molecule has 22 heavy (non-hydrogen) atoms. The third-order valence-electron chi connectivity index (χ3n) is 3.00. The van der Waals surface area contributed by atoms with Crippen LogP contribution in [-0.2, 0) is 23.7 Å². The molecule has 1 saturated heterocycles. The van der Waals surface area contributed by atoms with Crippen LogP contribution in [0.15, 0.2) is 12.7 Å². The van der Waals surface area contributed by atoms with E-state index < -0.39 is 49.3 Å². The lowest BCUT2D eigenvalue weighted by Crippen LogP contribution is -2.65. The second-order valence-corrected chi connectivity index (χ2v) is 4.60. The predicted octanol–water partition coefficient (Wildman–Crippen LogP) is -1.08. The molecule has 1 aliphatic rings. The van der Waals surface area contributed by atoms with Gasteiger partial charge in [-0.25, -0.2) is 4.79 Å². The Labute approximate surface area is 127 Å². The molecule has 0 spiro atoms. The smallest absolute Gasteiger partial charge is 0.438 e. The largest absolute Gasteiger partial charge is 0.508 e. The molecule has 9 nitrogen and oxygen atoms in total. The maximum atomic E-state index is 11.3. The van der Waals surface area contributed by atoms with Crippen LogP contribution in [0.3, 0.4) is 0 Å². The summed E-state index contributed by atoms with van der Waals surface area (Å²) < 4.78 is 20.1. The number of hydrogen-bond donors (Lipinski definition) is 3. The minimum Gasteiger partial charge on any atom is -0.438 e. The third-order valence-corrected chi connectivity index (χ3v) is 3.00. The van der Waals surface area contributed by atoms with Crippen LogP contribution in [0.5, 0.6) is 0 Å². The quantitative estimate of drug-likeness (QED) is 0.417. The molecule has 1 amide bonds. The van der Waals surface area contributed by atoms with Gasteiger partial charge in [-0.15, -0.1) is 6.58 Å². The lowest BCUT2D eigenvalue weighted by atomic mass is 9.96. The van der Waals surface area contributed by atoms with Crippen LogP contribution in [-0.4, -0.2) is 73.2 Å². The highest BCUT2D eigenvalue weighted by atomic mass is 16.7. The van der Waals surface area contributed by atoms with Crippen molar-refractivity contribution in [3.8, 4) is 0 Å². The number of nitrogens with one attached hydrogen (secondary N) is 1. The fraction of sp³-hybridized carbons (Fsp3) is 0.692. The average Bonchev–Trinajstić information content (AvgIpc) is 2.49. The molecular weight excluding hydrogens is 298 g/mol. The zero-order chi connectivity index (χ0) is 16.7. The van der Waals surface area contributed by atoms with Crippen LogP contribution < -0.4 is 5.32 Å². The Morgan fingerprint density at radius 1 is 1.45 bits per heavy atom. The number of methoxy groups -OCH3 is 1. The molecule has 9 heteroatoms. The van der Waals surface area contributed by atoms with Gasteiger partial charge in [-0.05, 0) is 0 Å². The van der Waals surface area contributed by atoms with E-state index in [4.69, 9.17) is 14.2 Å². The van der Waals surface area contributed by atoms with E-state index in [1.807, 2.05) is 0 Å². The van der Waals surface area contributed by atoms with Crippen LogP contribution in [0, 0.1) is 0 Å². The summed E-state index contributed by atoms with van der Waals surface area (Å²) in [7, 11) is 1.11. The molecule has 126 valence electrons. The summed E-state index contributed by atoms with van der Waals surface area (Å²) in [6.07, 6.45) is -4.25. The molecule has 1 fully saturated rings. The van der Waals surface area contributed by atoms with Gasteiger partial charge in [-0.2, -0.15) is 0 Å². The number of rotatable bonds is 6. The van der Waals surface area contributed by atoms with Crippen LogP contribution in [0.1, 0.15) is 6.92 Å². The SMILES string of the molecule is C=CCO[C@@H]1O[C@H](CO)[C@@H](O)[C@H](OC(=O)OC)[C@H]1NC(C)=O. The number of ether oxygens (including phenoxy) is 4. The first-order chi connectivity index (χ1) is 10.4. The number of amides is 1. The van der Waals surface area contributed by atoms with E-state index in [9.17, 15) is 19.8 Å². The van der Waals surface area contributed by atoms with Crippen molar-refractivity contribution in [2.75, 3.05) is 20.3 Å². The van der Waals surface area contributed by atoms with Gasteiger partial charge >= 0.3 is 6.16 Å². The molecular formula is C13H21NO8. The predicted molar refractivity (Wildman–Crippen MR) is 72.8 cm³/mol. The summed E-state index contributed by atoms with van der Waals surface area (Å²) in [6.45, 7) is 4.32. The second kappa shape index (κ2) is 8.69. The third kappa shape index (κ3) is 4.67. The second-order valence-electron chi connectivity index (χ2n) is 4.60. The van der Waals surface area contributed by atoms with Crippen molar-refractivity contribution < 1.29 is 38.7 Å². The number of aliphatic hydroxyl groups is 2. The Morgan fingerprint density at radius 2 is 2.14 bits per heavy atom. The lowest BCUT2D eigenvalue weighted by molar-refractivity contribution is -0.268. The van der Waals surface area contributed by atoms with E-state index in [0.717, 1.165) is 7.11 Å². The fourth-order valence-corrected chi connectivity index (χ4v) is 2.06. The van der Waals surface area contributed by atoms with Gasteiger partial charge in [0.2, 0.25) is 5.91 Å². The summed E-state index contributed by atoms with van der Waals surface area (Å²) in [4.78, 5) is 22.7. The molecule has 0 saturated carbocycles. The van der Waals surface area contributed by atoms with Gasteiger partial charge in [-0.3, -0.25) is 4.79 Å². The molecule has 0 aliphatic carbocycles. The Morgan fingerprint density at radius 3 is 2.64 bits per heavy atom. The molecule has 0 unspecified atom stereocenters. The highest BCUT2D eigenvalue weighted by Gasteiger charge is 2.48. The van der Waals surface area contributed by atoms with E-state index in [1.165, 1.54) is 13.0 Å². The minimum atomic E-state index is -1.37. The molecule has 0 radical (unpaired) electrons. The van der Waals surface area contributed by atoms with Crippen LogP contribution >= 0.6 is 0 Å². The highest BCUT2D eigenvalue weighted by Crippen LogP contribution is 2.25. The molecule has 0 bridgehead atoms. The van der Waals surface area contributed by atoms with Crippen molar-refractivity contribution in [1.82, 2.24) is 5.32 Å². The van der Waals surface area contributed by atoms with Gasteiger partial charge in [0.05, 0.1) is 20.3 Å². The Hall–Kier alpha value is -1.68. The van der Waals surface area contributed by atoms with Gasteiger partial charge in [0, 0.05) is 6.92 Å². The molecule has 3 N–H and O–H groups in total. The van der Waals surface area contributed by atoms with Crippen molar-refractivity contribution in [2.24, 2.45) is 0 Å². The highest BCUT2D eigenvalue weighted by molar-refractivity contribution is 5.73. The van der Waals surface area contributed by atoms with Crippen molar-refractivity contribution in [2.45, 2.75) is 37.6 Å². The number of carbonyl (C=O) groups excluding carboxylic acids is 2. The van der Waals surface area contributed by atoms with E-state index in [2.05, 4.69) is 16.6 Å². The van der Waals surface area contributed by atoms with Crippen LogP contribution in [0.4, 0.5) is 4.79 Å². The molecule has 5 atom stereocenters.